The molecule has 1 aliphatic carbocycles. The van der Waals surface area contributed by atoms with E-state index in [1.165, 1.54) is 12.1 Å². The van der Waals surface area contributed by atoms with Crippen molar-refractivity contribution in [3.8, 4) is 11.8 Å². The second-order valence-corrected chi connectivity index (χ2v) is 10.0. The van der Waals surface area contributed by atoms with E-state index in [-0.39, 0.29) is 18.2 Å². The monoisotopic (exact) mass is 507 g/mol. The average Bonchev–Trinajstić information content (AvgIpc) is 2.89. The second-order valence-electron chi connectivity index (χ2n) is 10.0. The van der Waals surface area contributed by atoms with Gasteiger partial charge in [-0.1, -0.05) is 24.3 Å². The number of halogens is 1. The van der Waals surface area contributed by atoms with Crippen molar-refractivity contribution in [2.75, 3.05) is 4.90 Å². The van der Waals surface area contributed by atoms with Gasteiger partial charge < -0.3 is 10.5 Å². The number of rotatable bonds is 5. The minimum atomic E-state index is -0.547. The highest BCUT2D eigenvalue weighted by atomic mass is 19.1. The molecule has 0 amide bonds. The van der Waals surface area contributed by atoms with E-state index in [9.17, 15) is 14.4 Å². The summed E-state index contributed by atoms with van der Waals surface area (Å²) in [6.45, 7) is 6.28. The van der Waals surface area contributed by atoms with Crippen LogP contribution in [0.1, 0.15) is 53.0 Å². The molecule has 192 valence electrons. The highest BCUT2D eigenvalue weighted by Gasteiger charge is 2.41. The molecule has 0 bridgehead atoms. The summed E-state index contributed by atoms with van der Waals surface area (Å²) in [5.74, 6) is 0.111. The Hall–Kier alpha value is -4.37. The zero-order valence-corrected chi connectivity index (χ0v) is 21.8. The lowest BCUT2D eigenvalue weighted by molar-refractivity contribution is -0.116. The summed E-state index contributed by atoms with van der Waals surface area (Å²) >= 11 is 0. The molecule has 2 aliphatic rings. The normalized spacial score (nSPS) is 17.4. The number of hydrogen-bond donors (Lipinski definition) is 1. The maximum absolute atomic E-state index is 13.5. The molecule has 0 saturated heterocycles. The van der Waals surface area contributed by atoms with E-state index in [1.54, 1.807) is 12.1 Å². The van der Waals surface area contributed by atoms with Crippen LogP contribution in [0.2, 0.25) is 0 Å². The van der Waals surface area contributed by atoms with Crippen LogP contribution >= 0.6 is 0 Å². The number of ketones is 1. The van der Waals surface area contributed by atoms with Gasteiger partial charge in [-0.3, -0.25) is 9.69 Å². The maximum Gasteiger partial charge on any atom is 0.161 e. The number of carbonyl (C=O) groups is 1. The van der Waals surface area contributed by atoms with E-state index >= 15 is 0 Å². The number of Topliss-reactive ketones (excluding diaryl/α,β-unsaturated/α-hetero) is 1. The number of ether oxygens (including phenoxy) is 1. The molecular weight excluding hydrogens is 477 g/mol. The van der Waals surface area contributed by atoms with Crippen LogP contribution in [-0.4, -0.2) is 5.78 Å². The number of nitriles is 1. The van der Waals surface area contributed by atoms with Crippen molar-refractivity contribution in [1.82, 2.24) is 0 Å². The SMILES string of the molecule is Cc1cccc(N2C(N)=C(C#N)C(c3cc(COc4ccc(F)cc4)c(C)cc3C)C3=C2CCCC3=O)c1. The molecule has 0 spiro atoms. The molecule has 1 atom stereocenters. The molecule has 5 rings (SSSR count). The molecule has 3 aromatic rings. The Kier molecular flexibility index (Phi) is 6.77. The zero-order valence-electron chi connectivity index (χ0n) is 21.8. The van der Waals surface area contributed by atoms with Crippen LogP contribution in [0.15, 0.2) is 83.3 Å². The Labute approximate surface area is 222 Å². The van der Waals surface area contributed by atoms with Crippen LogP contribution < -0.4 is 15.4 Å². The molecule has 2 N–H and O–H groups in total. The number of nitrogens with zero attached hydrogens (tertiary/aromatic N) is 2. The van der Waals surface area contributed by atoms with Crippen molar-refractivity contribution in [3.05, 3.63) is 117 Å². The van der Waals surface area contributed by atoms with Crippen molar-refractivity contribution in [2.24, 2.45) is 5.73 Å². The van der Waals surface area contributed by atoms with Gasteiger partial charge in [0.1, 0.15) is 24.0 Å². The molecule has 1 unspecified atom stereocenters. The van der Waals surface area contributed by atoms with E-state index in [2.05, 4.69) is 12.1 Å². The first-order chi connectivity index (χ1) is 18.3. The topological polar surface area (TPSA) is 79.3 Å². The first kappa shape index (κ1) is 25.3. The molecule has 6 heteroatoms. The van der Waals surface area contributed by atoms with Crippen molar-refractivity contribution in [1.29, 1.82) is 5.26 Å². The van der Waals surface area contributed by atoms with Gasteiger partial charge in [-0.25, -0.2) is 4.39 Å². The summed E-state index contributed by atoms with van der Waals surface area (Å²) in [5.41, 5.74) is 14.4. The second kappa shape index (κ2) is 10.2. The third-order valence-electron chi connectivity index (χ3n) is 7.42. The third kappa shape index (κ3) is 4.56. The molecule has 0 aromatic heterocycles. The highest BCUT2D eigenvalue weighted by molar-refractivity contribution is 6.01. The molecule has 1 aliphatic heterocycles. The summed E-state index contributed by atoms with van der Waals surface area (Å²) in [7, 11) is 0. The van der Waals surface area contributed by atoms with Gasteiger partial charge in [-0.15, -0.1) is 0 Å². The Bertz CT molecular complexity index is 1530. The van der Waals surface area contributed by atoms with Crippen LogP contribution in [0.25, 0.3) is 0 Å². The summed E-state index contributed by atoms with van der Waals surface area (Å²) < 4.78 is 19.3. The van der Waals surface area contributed by atoms with Gasteiger partial charge in [0.2, 0.25) is 0 Å². The van der Waals surface area contributed by atoms with Gasteiger partial charge in [0, 0.05) is 23.4 Å². The summed E-state index contributed by atoms with van der Waals surface area (Å²) in [5, 5.41) is 10.4. The molecule has 38 heavy (non-hydrogen) atoms. The minimum absolute atomic E-state index is 0.0539. The van der Waals surface area contributed by atoms with Crippen LogP contribution in [0.5, 0.6) is 5.75 Å². The summed E-state index contributed by atoms with van der Waals surface area (Å²) in [6.07, 6.45) is 1.89. The van der Waals surface area contributed by atoms with Crippen molar-refractivity contribution in [3.63, 3.8) is 0 Å². The number of aryl methyl sites for hydroxylation is 3. The zero-order chi connectivity index (χ0) is 27.0. The predicted molar refractivity (Wildman–Crippen MR) is 146 cm³/mol. The van der Waals surface area contributed by atoms with Crippen molar-refractivity contribution in [2.45, 2.75) is 52.6 Å². The van der Waals surface area contributed by atoms with Gasteiger partial charge in [0.05, 0.1) is 17.6 Å². The highest BCUT2D eigenvalue weighted by Crippen LogP contribution is 2.47. The fraction of sp³-hybridized carbons (Fsp3) is 0.250. The number of nitrogens with two attached hydrogens (primary N) is 1. The van der Waals surface area contributed by atoms with E-state index < -0.39 is 5.92 Å². The fourth-order valence-electron chi connectivity index (χ4n) is 5.53. The molecule has 0 fully saturated rings. The molecular formula is C32H30FN3O2. The van der Waals surface area contributed by atoms with E-state index in [1.807, 2.05) is 56.0 Å². The number of benzene rings is 3. The smallest absolute Gasteiger partial charge is 0.161 e. The van der Waals surface area contributed by atoms with Gasteiger partial charge in [0.25, 0.3) is 0 Å². The largest absolute Gasteiger partial charge is 0.489 e. The molecule has 5 nitrogen and oxygen atoms in total. The van der Waals surface area contributed by atoms with Crippen molar-refractivity contribution >= 4 is 11.5 Å². The predicted octanol–water partition coefficient (Wildman–Crippen LogP) is 6.63. The maximum atomic E-state index is 13.5. The molecule has 0 saturated carbocycles. The number of carbonyl (C=O) groups excluding carboxylic acids is 1. The average molecular weight is 508 g/mol. The van der Waals surface area contributed by atoms with Gasteiger partial charge in [0.15, 0.2) is 5.78 Å². The number of allylic oxidation sites excluding steroid dienone is 3. The Morgan fingerprint density at radius 1 is 1.05 bits per heavy atom. The Balaban J connectivity index is 1.62. The summed E-state index contributed by atoms with van der Waals surface area (Å²) in [4.78, 5) is 15.4. The van der Waals surface area contributed by atoms with Crippen LogP contribution in [0, 0.1) is 37.9 Å². The lowest BCUT2D eigenvalue weighted by Crippen LogP contribution is -2.39. The Morgan fingerprint density at radius 3 is 2.53 bits per heavy atom. The van der Waals surface area contributed by atoms with Gasteiger partial charge >= 0.3 is 0 Å². The van der Waals surface area contributed by atoms with Gasteiger partial charge in [-0.05, 0) is 97.8 Å². The van der Waals surface area contributed by atoms with Crippen LogP contribution in [0.3, 0.4) is 0 Å². The lowest BCUT2D eigenvalue weighted by Gasteiger charge is -2.40. The number of anilines is 1. The first-order valence-electron chi connectivity index (χ1n) is 12.8. The van der Waals surface area contributed by atoms with E-state index in [0.29, 0.717) is 35.6 Å². The molecule has 0 radical (unpaired) electrons. The van der Waals surface area contributed by atoms with Gasteiger partial charge in [-0.2, -0.15) is 5.26 Å². The van der Waals surface area contributed by atoms with E-state index in [4.69, 9.17) is 10.5 Å². The Morgan fingerprint density at radius 2 is 1.82 bits per heavy atom. The third-order valence-corrected chi connectivity index (χ3v) is 7.42. The lowest BCUT2D eigenvalue weighted by atomic mass is 9.74. The fourth-order valence-corrected chi connectivity index (χ4v) is 5.53. The summed E-state index contributed by atoms with van der Waals surface area (Å²) in [6, 6.07) is 20.3. The van der Waals surface area contributed by atoms with Crippen molar-refractivity contribution < 1.29 is 13.9 Å². The first-order valence-corrected chi connectivity index (χ1v) is 12.8. The standard InChI is InChI=1S/C32H30FN3O2/c1-19-6-4-7-24(14-19)36-28-8-5-9-29(37)31(28)30(27(17-34)32(36)35)26-16-22(20(2)15-21(26)3)18-38-25-12-10-23(33)11-13-25/h4,6-7,10-16,30H,5,8-9,18,35H2,1-3H3. The number of hydrogen-bond acceptors (Lipinski definition) is 5. The molecule has 3 aromatic carbocycles. The minimum Gasteiger partial charge on any atom is -0.489 e. The molecule has 1 heterocycles. The van der Waals surface area contributed by atoms with Crippen LogP contribution in [-0.2, 0) is 11.4 Å². The quantitative estimate of drug-likeness (QED) is 0.419. The van der Waals surface area contributed by atoms with Crippen LogP contribution in [0.4, 0.5) is 10.1 Å². The van der Waals surface area contributed by atoms with E-state index in [0.717, 1.165) is 45.6 Å².